The highest BCUT2D eigenvalue weighted by Crippen LogP contribution is 2.41. The average molecular weight is 285 g/mol. The number of alkyl halides is 3. The fourth-order valence-corrected chi connectivity index (χ4v) is 3.64. The predicted octanol–water partition coefficient (Wildman–Crippen LogP) is 2.53. The molecule has 0 radical (unpaired) electrons. The first-order valence-electron chi connectivity index (χ1n) is 7.02. The van der Waals surface area contributed by atoms with Crippen LogP contribution < -0.4 is 10.2 Å². The summed E-state index contributed by atoms with van der Waals surface area (Å²) in [5, 5.41) is 3.34. The van der Waals surface area contributed by atoms with Crippen molar-refractivity contribution >= 4 is 5.82 Å². The zero-order valence-electron chi connectivity index (χ0n) is 11.3. The van der Waals surface area contributed by atoms with Gasteiger partial charge in [0.1, 0.15) is 5.82 Å². The van der Waals surface area contributed by atoms with Crippen LogP contribution in [0.3, 0.4) is 0 Å². The Morgan fingerprint density at radius 3 is 2.90 bits per heavy atom. The Kier molecular flexibility index (Phi) is 3.36. The van der Waals surface area contributed by atoms with Crippen LogP contribution in [0.1, 0.15) is 18.9 Å². The van der Waals surface area contributed by atoms with E-state index in [1.807, 2.05) is 11.8 Å². The number of halogens is 3. The first-order valence-corrected chi connectivity index (χ1v) is 7.02. The fourth-order valence-electron chi connectivity index (χ4n) is 3.64. The van der Waals surface area contributed by atoms with Crippen LogP contribution in [0.5, 0.6) is 0 Å². The molecule has 0 aromatic carbocycles. The number of hydrogen-bond donors (Lipinski definition) is 1. The molecule has 3 heterocycles. The normalized spacial score (nSPS) is 29.8. The highest BCUT2D eigenvalue weighted by atomic mass is 19.4. The number of fused-ring (bicyclic) bond motifs is 1. The maximum atomic E-state index is 13.1. The fraction of sp³-hybridized carbons (Fsp3) is 0.643. The van der Waals surface area contributed by atoms with Crippen LogP contribution >= 0.6 is 0 Å². The minimum absolute atomic E-state index is 0.0984. The Hall–Kier alpha value is -1.30. The smallest absolute Gasteiger partial charge is 0.352 e. The molecule has 110 valence electrons. The van der Waals surface area contributed by atoms with Crippen LogP contribution in [0.15, 0.2) is 18.3 Å². The second kappa shape index (κ2) is 4.91. The standard InChI is InChI=1S/C14H18F3N3/c1-2-12-10-7-18-6-9(10)8-20(12)13-11(14(15,16)17)4-3-5-19-13/h3-5,9-10,12,18H,2,6-8H2,1H3. The molecular formula is C14H18F3N3. The molecule has 1 N–H and O–H groups in total. The zero-order chi connectivity index (χ0) is 14.3. The molecule has 3 nitrogen and oxygen atoms in total. The van der Waals surface area contributed by atoms with E-state index in [0.717, 1.165) is 25.6 Å². The molecule has 1 aromatic rings. The van der Waals surface area contributed by atoms with Gasteiger partial charge in [-0.2, -0.15) is 13.2 Å². The second-order valence-electron chi connectivity index (χ2n) is 5.58. The van der Waals surface area contributed by atoms with Crippen molar-refractivity contribution in [3.8, 4) is 0 Å². The van der Waals surface area contributed by atoms with Crippen molar-refractivity contribution in [2.75, 3.05) is 24.5 Å². The minimum atomic E-state index is -4.35. The molecule has 0 bridgehead atoms. The lowest BCUT2D eigenvalue weighted by atomic mass is 9.93. The molecule has 0 saturated carbocycles. The highest BCUT2D eigenvalue weighted by Gasteiger charge is 2.46. The summed E-state index contributed by atoms with van der Waals surface area (Å²) in [6.45, 7) is 4.49. The molecule has 0 aliphatic carbocycles. The number of rotatable bonds is 2. The van der Waals surface area contributed by atoms with Crippen molar-refractivity contribution in [1.29, 1.82) is 0 Å². The summed E-state index contributed by atoms with van der Waals surface area (Å²) in [4.78, 5) is 5.91. The van der Waals surface area contributed by atoms with Gasteiger partial charge in [0.2, 0.25) is 0 Å². The number of nitrogens with one attached hydrogen (secondary N) is 1. The molecular weight excluding hydrogens is 267 g/mol. The van der Waals surface area contributed by atoms with Crippen molar-refractivity contribution < 1.29 is 13.2 Å². The van der Waals surface area contributed by atoms with E-state index in [0.29, 0.717) is 18.4 Å². The van der Waals surface area contributed by atoms with Crippen LogP contribution in [-0.2, 0) is 6.18 Å². The molecule has 3 atom stereocenters. The molecule has 2 fully saturated rings. The van der Waals surface area contributed by atoms with Gasteiger partial charge in [-0.3, -0.25) is 0 Å². The largest absolute Gasteiger partial charge is 0.419 e. The van der Waals surface area contributed by atoms with Gasteiger partial charge in [-0.15, -0.1) is 0 Å². The predicted molar refractivity (Wildman–Crippen MR) is 70.5 cm³/mol. The molecule has 0 amide bonds. The zero-order valence-corrected chi connectivity index (χ0v) is 11.3. The Balaban J connectivity index is 1.97. The number of nitrogens with zero attached hydrogens (tertiary/aromatic N) is 2. The van der Waals surface area contributed by atoms with E-state index in [1.165, 1.54) is 12.3 Å². The van der Waals surface area contributed by atoms with E-state index in [2.05, 4.69) is 10.3 Å². The number of anilines is 1. The van der Waals surface area contributed by atoms with E-state index >= 15 is 0 Å². The second-order valence-corrected chi connectivity index (χ2v) is 5.58. The average Bonchev–Trinajstić information content (AvgIpc) is 2.97. The molecule has 2 aliphatic heterocycles. The van der Waals surface area contributed by atoms with E-state index in [1.54, 1.807) is 0 Å². The Labute approximate surface area is 116 Å². The van der Waals surface area contributed by atoms with E-state index in [9.17, 15) is 13.2 Å². The molecule has 2 saturated heterocycles. The van der Waals surface area contributed by atoms with Crippen molar-refractivity contribution in [1.82, 2.24) is 10.3 Å². The van der Waals surface area contributed by atoms with Crippen LogP contribution in [0.4, 0.5) is 19.0 Å². The monoisotopic (exact) mass is 285 g/mol. The number of hydrogen-bond acceptors (Lipinski definition) is 3. The summed E-state index contributed by atoms with van der Waals surface area (Å²) < 4.78 is 39.4. The third kappa shape index (κ3) is 2.16. The van der Waals surface area contributed by atoms with E-state index in [-0.39, 0.29) is 11.9 Å². The van der Waals surface area contributed by atoms with Gasteiger partial charge in [-0.25, -0.2) is 4.98 Å². The SMILES string of the molecule is CCC1C2CNCC2CN1c1ncccc1C(F)(F)F. The quantitative estimate of drug-likeness (QED) is 0.905. The third-order valence-corrected chi connectivity index (χ3v) is 4.50. The summed E-state index contributed by atoms with van der Waals surface area (Å²) >= 11 is 0. The van der Waals surface area contributed by atoms with E-state index in [4.69, 9.17) is 0 Å². The maximum absolute atomic E-state index is 13.1. The van der Waals surface area contributed by atoms with Crippen LogP contribution in [0, 0.1) is 11.8 Å². The highest BCUT2D eigenvalue weighted by molar-refractivity contribution is 5.51. The first-order chi connectivity index (χ1) is 9.52. The summed E-state index contributed by atoms with van der Waals surface area (Å²) in [6.07, 6.45) is -2.06. The van der Waals surface area contributed by atoms with Gasteiger partial charge in [0.15, 0.2) is 0 Å². The molecule has 6 heteroatoms. The number of aromatic nitrogens is 1. The minimum Gasteiger partial charge on any atom is -0.352 e. The molecule has 1 aromatic heterocycles. The summed E-state index contributed by atoms with van der Waals surface area (Å²) in [5.41, 5.74) is -0.619. The third-order valence-electron chi connectivity index (χ3n) is 4.50. The summed E-state index contributed by atoms with van der Waals surface area (Å²) in [5.74, 6) is 0.965. The van der Waals surface area contributed by atoms with Gasteiger partial charge in [-0.1, -0.05) is 6.92 Å². The van der Waals surface area contributed by atoms with Crippen molar-refractivity contribution in [3.63, 3.8) is 0 Å². The lowest BCUT2D eigenvalue weighted by molar-refractivity contribution is -0.137. The summed E-state index contributed by atoms with van der Waals surface area (Å²) in [7, 11) is 0. The van der Waals surface area contributed by atoms with Gasteiger partial charge >= 0.3 is 6.18 Å². The van der Waals surface area contributed by atoms with Crippen LogP contribution in [0.25, 0.3) is 0 Å². The van der Waals surface area contributed by atoms with Gasteiger partial charge in [0.05, 0.1) is 5.56 Å². The van der Waals surface area contributed by atoms with Crippen LogP contribution in [-0.4, -0.2) is 30.7 Å². The molecule has 3 unspecified atom stereocenters. The van der Waals surface area contributed by atoms with Gasteiger partial charge in [0, 0.05) is 31.9 Å². The van der Waals surface area contributed by atoms with Crippen LogP contribution in [0.2, 0.25) is 0 Å². The summed E-state index contributed by atoms with van der Waals surface area (Å²) in [6, 6.07) is 2.62. The number of pyridine rings is 1. The lowest BCUT2D eigenvalue weighted by Crippen LogP contribution is -2.36. The topological polar surface area (TPSA) is 28.2 Å². The molecule has 2 aliphatic rings. The maximum Gasteiger partial charge on any atom is 0.419 e. The van der Waals surface area contributed by atoms with Gasteiger partial charge < -0.3 is 10.2 Å². The van der Waals surface area contributed by atoms with Crippen molar-refractivity contribution in [2.45, 2.75) is 25.6 Å². The first kappa shape index (κ1) is 13.7. The Morgan fingerprint density at radius 2 is 2.20 bits per heavy atom. The Morgan fingerprint density at radius 1 is 1.40 bits per heavy atom. The lowest BCUT2D eigenvalue weighted by Gasteiger charge is -2.29. The van der Waals surface area contributed by atoms with Crippen molar-refractivity contribution in [3.05, 3.63) is 23.9 Å². The Bertz CT molecular complexity index is 489. The molecule has 0 spiro atoms. The molecule has 3 rings (SSSR count). The molecule has 20 heavy (non-hydrogen) atoms. The van der Waals surface area contributed by atoms with Gasteiger partial charge in [-0.05, 0) is 30.4 Å². The van der Waals surface area contributed by atoms with Crippen molar-refractivity contribution in [2.24, 2.45) is 11.8 Å². The van der Waals surface area contributed by atoms with Gasteiger partial charge in [0.25, 0.3) is 0 Å². The van der Waals surface area contributed by atoms with E-state index < -0.39 is 11.7 Å².